The molecule has 0 fully saturated rings. The molecule has 2 heteroatoms. The SMILES string of the molecule is CSc1ccccc1C(Br)c1ccc(C)c(C)c1. The van der Waals surface area contributed by atoms with E-state index in [9.17, 15) is 0 Å². The van der Waals surface area contributed by atoms with Crippen molar-refractivity contribution >= 4 is 27.7 Å². The summed E-state index contributed by atoms with van der Waals surface area (Å²) in [4.78, 5) is 1.60. The van der Waals surface area contributed by atoms with Crippen LogP contribution in [0.2, 0.25) is 0 Å². The zero-order valence-electron chi connectivity index (χ0n) is 10.9. The van der Waals surface area contributed by atoms with E-state index >= 15 is 0 Å². The number of alkyl halides is 1. The van der Waals surface area contributed by atoms with Crippen LogP contribution in [0.5, 0.6) is 0 Å². The predicted octanol–water partition coefficient (Wildman–Crippen LogP) is 5.51. The van der Waals surface area contributed by atoms with E-state index < -0.39 is 0 Å². The van der Waals surface area contributed by atoms with Gasteiger partial charge < -0.3 is 0 Å². The second-order valence-electron chi connectivity index (χ2n) is 4.45. The minimum Gasteiger partial charge on any atom is -0.129 e. The third-order valence-electron chi connectivity index (χ3n) is 3.24. The molecule has 2 aromatic carbocycles. The van der Waals surface area contributed by atoms with Gasteiger partial charge in [0.15, 0.2) is 0 Å². The zero-order chi connectivity index (χ0) is 13.1. The number of hydrogen-bond donors (Lipinski definition) is 0. The van der Waals surface area contributed by atoms with Gasteiger partial charge >= 0.3 is 0 Å². The molecule has 0 bridgehead atoms. The molecule has 0 heterocycles. The molecule has 1 atom stereocenters. The number of rotatable bonds is 3. The van der Waals surface area contributed by atoms with Crippen molar-refractivity contribution in [1.82, 2.24) is 0 Å². The topological polar surface area (TPSA) is 0 Å². The molecular weight excluding hydrogens is 304 g/mol. The maximum absolute atomic E-state index is 3.83. The van der Waals surface area contributed by atoms with E-state index in [4.69, 9.17) is 0 Å². The lowest BCUT2D eigenvalue weighted by atomic mass is 10.0. The van der Waals surface area contributed by atoms with Crippen molar-refractivity contribution in [2.24, 2.45) is 0 Å². The number of thioether (sulfide) groups is 1. The van der Waals surface area contributed by atoms with Crippen molar-refractivity contribution in [1.29, 1.82) is 0 Å². The summed E-state index contributed by atoms with van der Waals surface area (Å²) >= 11 is 5.63. The fourth-order valence-electron chi connectivity index (χ4n) is 1.98. The van der Waals surface area contributed by atoms with Gasteiger partial charge in [-0.2, -0.15) is 0 Å². The number of halogens is 1. The molecule has 18 heavy (non-hydrogen) atoms. The molecule has 0 radical (unpaired) electrons. The first-order valence-electron chi connectivity index (χ1n) is 5.97. The summed E-state index contributed by atoms with van der Waals surface area (Å²) in [6.07, 6.45) is 2.12. The van der Waals surface area contributed by atoms with E-state index in [2.05, 4.69) is 78.5 Å². The summed E-state index contributed by atoms with van der Waals surface area (Å²) in [5.41, 5.74) is 5.35. The Morgan fingerprint density at radius 3 is 2.39 bits per heavy atom. The maximum atomic E-state index is 3.83. The van der Waals surface area contributed by atoms with Crippen LogP contribution in [-0.2, 0) is 0 Å². The van der Waals surface area contributed by atoms with Gasteiger partial charge in [0, 0.05) is 4.90 Å². The molecule has 0 aliphatic heterocycles. The van der Waals surface area contributed by atoms with Gasteiger partial charge in [0.2, 0.25) is 0 Å². The highest BCUT2D eigenvalue weighted by Crippen LogP contribution is 2.36. The fraction of sp³-hybridized carbons (Fsp3) is 0.250. The average molecular weight is 321 g/mol. The van der Waals surface area contributed by atoms with Crippen LogP contribution in [0.3, 0.4) is 0 Å². The lowest BCUT2D eigenvalue weighted by Crippen LogP contribution is -1.96. The highest BCUT2D eigenvalue weighted by molar-refractivity contribution is 9.09. The summed E-state index contributed by atoms with van der Waals surface area (Å²) < 4.78 is 0. The molecule has 0 aromatic heterocycles. The average Bonchev–Trinajstić information content (AvgIpc) is 2.41. The summed E-state index contributed by atoms with van der Waals surface area (Å²) in [7, 11) is 0. The van der Waals surface area contributed by atoms with Crippen LogP contribution in [0.4, 0.5) is 0 Å². The summed E-state index contributed by atoms with van der Waals surface area (Å²) in [5, 5.41) is 0. The van der Waals surface area contributed by atoms with Crippen LogP contribution in [0.15, 0.2) is 47.4 Å². The van der Waals surface area contributed by atoms with Gasteiger partial charge in [0.25, 0.3) is 0 Å². The third-order valence-corrected chi connectivity index (χ3v) is 5.07. The molecule has 0 aliphatic carbocycles. The second kappa shape index (κ2) is 5.94. The molecule has 0 saturated carbocycles. The highest BCUT2D eigenvalue weighted by atomic mass is 79.9. The van der Waals surface area contributed by atoms with Crippen molar-refractivity contribution in [3.63, 3.8) is 0 Å². The molecule has 94 valence electrons. The lowest BCUT2D eigenvalue weighted by molar-refractivity contribution is 1.10. The molecule has 2 rings (SSSR count). The Hall–Kier alpha value is -0.730. The number of hydrogen-bond acceptors (Lipinski definition) is 1. The lowest BCUT2D eigenvalue weighted by Gasteiger charge is -2.15. The van der Waals surface area contributed by atoms with Crippen LogP contribution in [-0.4, -0.2) is 6.26 Å². The van der Waals surface area contributed by atoms with E-state index in [-0.39, 0.29) is 4.83 Å². The Kier molecular flexibility index (Phi) is 4.52. The van der Waals surface area contributed by atoms with Crippen molar-refractivity contribution in [3.8, 4) is 0 Å². The van der Waals surface area contributed by atoms with Gasteiger partial charge in [-0.1, -0.05) is 52.3 Å². The van der Waals surface area contributed by atoms with Crippen molar-refractivity contribution < 1.29 is 0 Å². The Bertz CT molecular complexity index is 549. The van der Waals surface area contributed by atoms with Crippen molar-refractivity contribution in [3.05, 3.63) is 64.7 Å². The Labute approximate surface area is 122 Å². The number of aryl methyl sites for hydroxylation is 2. The molecule has 0 N–H and O–H groups in total. The van der Waals surface area contributed by atoms with E-state index in [1.165, 1.54) is 27.1 Å². The highest BCUT2D eigenvalue weighted by Gasteiger charge is 2.14. The van der Waals surface area contributed by atoms with E-state index in [0.717, 1.165) is 0 Å². The van der Waals surface area contributed by atoms with Crippen LogP contribution in [0, 0.1) is 13.8 Å². The summed E-state index contributed by atoms with van der Waals surface area (Å²) in [6.45, 7) is 4.32. The monoisotopic (exact) mass is 320 g/mol. The van der Waals surface area contributed by atoms with Gasteiger partial charge in [0.1, 0.15) is 0 Å². The molecule has 2 aromatic rings. The smallest absolute Gasteiger partial charge is 0.0655 e. The molecule has 0 spiro atoms. The van der Waals surface area contributed by atoms with E-state index in [1.807, 2.05) is 0 Å². The Morgan fingerprint density at radius 2 is 1.72 bits per heavy atom. The van der Waals surface area contributed by atoms with Gasteiger partial charge in [-0.05, 0) is 48.4 Å². The Balaban J connectivity index is 2.41. The molecule has 0 aliphatic rings. The van der Waals surface area contributed by atoms with Gasteiger partial charge in [0.05, 0.1) is 4.83 Å². The van der Waals surface area contributed by atoms with Crippen LogP contribution < -0.4 is 0 Å². The fourth-order valence-corrected chi connectivity index (χ4v) is 3.45. The first-order valence-corrected chi connectivity index (χ1v) is 8.11. The molecule has 0 amide bonds. The van der Waals surface area contributed by atoms with Crippen molar-refractivity contribution in [2.75, 3.05) is 6.26 Å². The van der Waals surface area contributed by atoms with Gasteiger partial charge in [-0.15, -0.1) is 11.8 Å². The first kappa shape index (κ1) is 13.7. The Morgan fingerprint density at radius 1 is 1.00 bits per heavy atom. The summed E-state index contributed by atoms with van der Waals surface area (Å²) in [6, 6.07) is 15.2. The summed E-state index contributed by atoms with van der Waals surface area (Å²) in [5.74, 6) is 0. The third kappa shape index (κ3) is 2.81. The zero-order valence-corrected chi connectivity index (χ0v) is 13.3. The molecule has 1 unspecified atom stereocenters. The standard InChI is InChI=1S/C16H17BrS/c1-11-8-9-13(10-12(11)2)16(17)14-6-4-5-7-15(14)18-3/h4-10,16H,1-3H3. The number of benzene rings is 2. The van der Waals surface area contributed by atoms with E-state index in [1.54, 1.807) is 11.8 Å². The normalized spacial score (nSPS) is 12.4. The minimum atomic E-state index is 0.264. The maximum Gasteiger partial charge on any atom is 0.0655 e. The quantitative estimate of drug-likeness (QED) is 0.530. The minimum absolute atomic E-state index is 0.264. The largest absolute Gasteiger partial charge is 0.129 e. The van der Waals surface area contributed by atoms with Gasteiger partial charge in [-0.3, -0.25) is 0 Å². The van der Waals surface area contributed by atoms with Crippen LogP contribution in [0.1, 0.15) is 27.1 Å². The van der Waals surface area contributed by atoms with Gasteiger partial charge in [-0.25, -0.2) is 0 Å². The van der Waals surface area contributed by atoms with Crippen molar-refractivity contribution in [2.45, 2.75) is 23.6 Å². The van der Waals surface area contributed by atoms with Crippen LogP contribution >= 0.6 is 27.7 Å². The van der Waals surface area contributed by atoms with E-state index in [0.29, 0.717) is 0 Å². The molecule has 0 saturated heterocycles. The van der Waals surface area contributed by atoms with Crippen LogP contribution in [0.25, 0.3) is 0 Å². The predicted molar refractivity (Wildman–Crippen MR) is 84.9 cm³/mol. The first-order chi connectivity index (χ1) is 8.63. The molecular formula is C16H17BrS. The second-order valence-corrected chi connectivity index (χ2v) is 6.21. The molecule has 0 nitrogen and oxygen atoms in total.